The summed E-state index contributed by atoms with van der Waals surface area (Å²) in [6.07, 6.45) is 3.70. The van der Waals surface area contributed by atoms with Gasteiger partial charge in [-0.3, -0.25) is 9.88 Å². The number of alkyl halides is 1. The van der Waals surface area contributed by atoms with Crippen molar-refractivity contribution in [2.45, 2.75) is 33.5 Å². The zero-order valence-electron chi connectivity index (χ0n) is 15.4. The van der Waals surface area contributed by atoms with E-state index in [0.29, 0.717) is 5.56 Å². The van der Waals surface area contributed by atoms with E-state index >= 15 is 4.39 Å². The first-order valence-electron chi connectivity index (χ1n) is 8.44. The number of halogens is 1. The molecule has 0 fully saturated rings. The van der Waals surface area contributed by atoms with E-state index in [1.165, 1.54) is 23.6 Å². The Morgan fingerprint density at radius 3 is 2.36 bits per heavy atom. The summed E-state index contributed by atoms with van der Waals surface area (Å²) in [7, 11) is 1.62. The van der Waals surface area contributed by atoms with Crippen molar-refractivity contribution in [1.29, 1.82) is 0 Å². The molecular formula is C21H24FN3. The third-order valence-corrected chi connectivity index (χ3v) is 4.66. The van der Waals surface area contributed by atoms with Crippen LogP contribution < -0.4 is 5.32 Å². The molecule has 0 aliphatic heterocycles. The number of aryl methyl sites for hydroxylation is 3. The Morgan fingerprint density at radius 2 is 1.72 bits per heavy atom. The fourth-order valence-corrected chi connectivity index (χ4v) is 3.46. The lowest BCUT2D eigenvalue weighted by Crippen LogP contribution is -2.32. The predicted octanol–water partition coefficient (Wildman–Crippen LogP) is 4.83. The second-order valence-electron chi connectivity index (χ2n) is 6.67. The van der Waals surface area contributed by atoms with Crippen LogP contribution in [0.2, 0.25) is 0 Å². The standard InChI is InChI=1S/C21H24FN3/c1-14-12-15(2)19(16(3)13-14)25-11-10-24-20(25)17-8-6-7-9-18(17)21(4,22)23-5/h6-13,23H,1-5H3. The zero-order chi connectivity index (χ0) is 18.2. The molecule has 1 unspecified atom stereocenters. The Kier molecular flexibility index (Phi) is 4.48. The van der Waals surface area contributed by atoms with Crippen molar-refractivity contribution in [3.05, 3.63) is 71.0 Å². The van der Waals surface area contributed by atoms with Crippen molar-refractivity contribution in [2.24, 2.45) is 0 Å². The second kappa shape index (κ2) is 6.45. The number of nitrogens with one attached hydrogen (secondary N) is 1. The van der Waals surface area contributed by atoms with E-state index in [9.17, 15) is 0 Å². The molecule has 0 aliphatic rings. The van der Waals surface area contributed by atoms with Gasteiger partial charge in [0.1, 0.15) is 5.82 Å². The molecule has 1 N–H and O–H groups in total. The van der Waals surface area contributed by atoms with Gasteiger partial charge in [-0.15, -0.1) is 0 Å². The minimum atomic E-state index is -1.63. The fraction of sp³-hybridized carbons (Fsp3) is 0.286. The van der Waals surface area contributed by atoms with Crippen LogP contribution in [-0.4, -0.2) is 16.6 Å². The Morgan fingerprint density at radius 1 is 1.08 bits per heavy atom. The average molecular weight is 337 g/mol. The van der Waals surface area contributed by atoms with Crippen molar-refractivity contribution >= 4 is 0 Å². The Labute approximate surface area is 148 Å². The fourth-order valence-electron chi connectivity index (χ4n) is 3.46. The Bertz CT molecular complexity index is 886. The molecule has 0 amide bonds. The molecule has 25 heavy (non-hydrogen) atoms. The van der Waals surface area contributed by atoms with E-state index in [-0.39, 0.29) is 0 Å². The van der Waals surface area contributed by atoms with Gasteiger partial charge < -0.3 is 0 Å². The highest BCUT2D eigenvalue weighted by Gasteiger charge is 2.28. The van der Waals surface area contributed by atoms with Crippen LogP contribution in [0.25, 0.3) is 17.1 Å². The lowest BCUT2D eigenvalue weighted by atomic mass is 9.98. The van der Waals surface area contributed by atoms with Gasteiger partial charge in [0.05, 0.1) is 5.69 Å². The molecule has 1 aromatic heterocycles. The molecule has 1 atom stereocenters. The van der Waals surface area contributed by atoms with Crippen LogP contribution in [0.5, 0.6) is 0 Å². The third-order valence-electron chi connectivity index (χ3n) is 4.66. The maximum Gasteiger partial charge on any atom is 0.184 e. The SMILES string of the molecule is CNC(C)(F)c1ccccc1-c1nccn1-c1c(C)cc(C)cc1C. The highest BCUT2D eigenvalue weighted by atomic mass is 19.1. The number of nitrogens with zero attached hydrogens (tertiary/aromatic N) is 2. The van der Waals surface area contributed by atoms with Crippen LogP contribution in [0, 0.1) is 20.8 Å². The van der Waals surface area contributed by atoms with Crippen LogP contribution in [0.4, 0.5) is 4.39 Å². The summed E-state index contributed by atoms with van der Waals surface area (Å²) in [5.74, 6) is -0.894. The van der Waals surface area contributed by atoms with Gasteiger partial charge in [0.15, 0.2) is 5.79 Å². The quantitative estimate of drug-likeness (QED) is 0.691. The molecule has 1 heterocycles. The van der Waals surface area contributed by atoms with Crippen molar-refractivity contribution in [2.75, 3.05) is 7.05 Å². The van der Waals surface area contributed by atoms with Gasteiger partial charge in [-0.05, 0) is 45.9 Å². The lowest BCUT2D eigenvalue weighted by Gasteiger charge is -2.23. The maximum absolute atomic E-state index is 15.0. The lowest BCUT2D eigenvalue weighted by molar-refractivity contribution is 0.153. The normalized spacial score (nSPS) is 13.7. The van der Waals surface area contributed by atoms with Crippen molar-refractivity contribution < 1.29 is 4.39 Å². The first kappa shape index (κ1) is 17.4. The topological polar surface area (TPSA) is 29.9 Å². The van der Waals surface area contributed by atoms with E-state index in [1.807, 2.05) is 24.4 Å². The molecule has 3 aromatic rings. The van der Waals surface area contributed by atoms with E-state index in [4.69, 9.17) is 0 Å². The number of benzene rings is 2. The molecule has 2 aromatic carbocycles. The summed E-state index contributed by atoms with van der Waals surface area (Å²) in [4.78, 5) is 4.54. The van der Waals surface area contributed by atoms with E-state index in [0.717, 1.165) is 17.1 Å². The minimum Gasteiger partial charge on any atom is -0.299 e. The summed E-state index contributed by atoms with van der Waals surface area (Å²) < 4.78 is 17.1. The van der Waals surface area contributed by atoms with Gasteiger partial charge in [0, 0.05) is 23.5 Å². The number of imidazole rings is 1. The molecule has 130 valence electrons. The number of hydrogen-bond donors (Lipinski definition) is 1. The van der Waals surface area contributed by atoms with Crippen molar-refractivity contribution in [1.82, 2.24) is 14.9 Å². The Balaban J connectivity index is 2.24. The summed E-state index contributed by atoms with van der Waals surface area (Å²) in [5.41, 5.74) is 6.03. The second-order valence-corrected chi connectivity index (χ2v) is 6.67. The molecule has 3 nitrogen and oxygen atoms in total. The van der Waals surface area contributed by atoms with Crippen LogP contribution in [0.15, 0.2) is 48.8 Å². The van der Waals surface area contributed by atoms with Crippen LogP contribution in [0.3, 0.4) is 0 Å². The highest BCUT2D eigenvalue weighted by molar-refractivity contribution is 5.66. The average Bonchev–Trinajstić information content (AvgIpc) is 3.03. The molecule has 0 spiro atoms. The molecule has 4 heteroatoms. The molecule has 3 rings (SSSR count). The van der Waals surface area contributed by atoms with Gasteiger partial charge in [0.2, 0.25) is 0 Å². The van der Waals surface area contributed by atoms with Crippen molar-refractivity contribution in [3.63, 3.8) is 0 Å². The largest absolute Gasteiger partial charge is 0.299 e. The summed E-state index contributed by atoms with van der Waals surface area (Å²) in [5, 5.41) is 2.75. The molecule has 0 saturated carbocycles. The first-order valence-corrected chi connectivity index (χ1v) is 8.44. The summed E-state index contributed by atoms with van der Waals surface area (Å²) in [6, 6.07) is 11.8. The van der Waals surface area contributed by atoms with E-state index in [2.05, 4.69) is 47.8 Å². The smallest absolute Gasteiger partial charge is 0.184 e. The monoisotopic (exact) mass is 337 g/mol. The van der Waals surface area contributed by atoms with Crippen LogP contribution in [0.1, 0.15) is 29.2 Å². The first-order chi connectivity index (χ1) is 11.8. The van der Waals surface area contributed by atoms with Crippen LogP contribution in [-0.2, 0) is 5.79 Å². The maximum atomic E-state index is 15.0. The van der Waals surface area contributed by atoms with Gasteiger partial charge >= 0.3 is 0 Å². The third kappa shape index (κ3) is 3.10. The summed E-state index contributed by atoms with van der Waals surface area (Å²) in [6.45, 7) is 7.81. The minimum absolute atomic E-state index is 0.576. The zero-order valence-corrected chi connectivity index (χ0v) is 15.4. The Hall–Kier alpha value is -2.46. The van der Waals surface area contributed by atoms with Gasteiger partial charge in [-0.25, -0.2) is 9.37 Å². The van der Waals surface area contributed by atoms with Gasteiger partial charge in [-0.1, -0.05) is 42.0 Å². The molecule has 0 aliphatic carbocycles. The summed E-state index contributed by atoms with van der Waals surface area (Å²) >= 11 is 0. The van der Waals surface area contributed by atoms with Gasteiger partial charge in [-0.2, -0.15) is 0 Å². The molecule has 0 saturated heterocycles. The molecule has 0 bridgehead atoms. The van der Waals surface area contributed by atoms with E-state index < -0.39 is 5.79 Å². The highest BCUT2D eigenvalue weighted by Crippen LogP contribution is 2.34. The van der Waals surface area contributed by atoms with E-state index in [1.54, 1.807) is 19.3 Å². The molecular weight excluding hydrogens is 313 g/mol. The predicted molar refractivity (Wildman–Crippen MR) is 101 cm³/mol. The number of rotatable bonds is 4. The molecule has 0 radical (unpaired) electrons. The van der Waals surface area contributed by atoms with Crippen LogP contribution >= 0.6 is 0 Å². The number of hydrogen-bond acceptors (Lipinski definition) is 2. The number of aromatic nitrogens is 2. The van der Waals surface area contributed by atoms with Gasteiger partial charge in [0.25, 0.3) is 0 Å². The van der Waals surface area contributed by atoms with Crippen molar-refractivity contribution in [3.8, 4) is 17.1 Å².